The van der Waals surface area contributed by atoms with Crippen molar-refractivity contribution < 1.29 is 13.9 Å². The molecule has 100 valence electrons. The van der Waals surface area contributed by atoms with Crippen LogP contribution in [-0.4, -0.2) is 19.3 Å². The van der Waals surface area contributed by atoms with Gasteiger partial charge in [0.15, 0.2) is 0 Å². The van der Waals surface area contributed by atoms with Gasteiger partial charge in [-0.1, -0.05) is 46.3 Å². The first-order valence-electron chi connectivity index (χ1n) is 5.89. The molecule has 1 unspecified atom stereocenters. The molecule has 1 aromatic carbocycles. The predicted molar refractivity (Wildman–Crippen MR) is 73.4 cm³/mol. The van der Waals surface area contributed by atoms with Crippen LogP contribution in [0.25, 0.3) is 0 Å². The number of carbonyl (C=O) groups is 1. The molecule has 2 nitrogen and oxygen atoms in total. The molecular weight excluding hydrogens is 299 g/mol. The smallest absolute Gasteiger partial charge is 0.311 e. The van der Waals surface area contributed by atoms with Crippen molar-refractivity contribution in [3.63, 3.8) is 0 Å². The molecule has 1 atom stereocenters. The van der Waals surface area contributed by atoms with Crippen LogP contribution in [0.15, 0.2) is 30.3 Å². The molecule has 0 bridgehead atoms. The number of ether oxygens (including phenoxy) is 1. The van der Waals surface area contributed by atoms with Crippen molar-refractivity contribution in [3.8, 4) is 0 Å². The lowest BCUT2D eigenvalue weighted by Gasteiger charge is -2.25. The van der Waals surface area contributed by atoms with Crippen molar-refractivity contribution in [1.29, 1.82) is 0 Å². The summed E-state index contributed by atoms with van der Waals surface area (Å²) in [5.74, 6) is -0.361. The summed E-state index contributed by atoms with van der Waals surface area (Å²) in [6.45, 7) is 2.81. The zero-order valence-corrected chi connectivity index (χ0v) is 12.2. The first kappa shape index (κ1) is 15.2. The topological polar surface area (TPSA) is 26.3 Å². The monoisotopic (exact) mass is 316 g/mol. The standard InChI is InChI=1S/C14H18BrFO2/c1-14(2,13(17)18-9-8-16)10-12(15)11-6-4-3-5-7-11/h3-7,12H,8-10H2,1-2H3. The Labute approximate surface area is 116 Å². The second kappa shape index (κ2) is 6.88. The van der Waals surface area contributed by atoms with E-state index in [2.05, 4.69) is 15.9 Å². The van der Waals surface area contributed by atoms with Crippen LogP contribution in [0.5, 0.6) is 0 Å². The van der Waals surface area contributed by atoms with Crippen LogP contribution in [0, 0.1) is 5.41 Å². The summed E-state index contributed by atoms with van der Waals surface area (Å²) in [6, 6.07) is 9.87. The minimum atomic E-state index is -0.641. The third-order valence-electron chi connectivity index (χ3n) is 2.71. The van der Waals surface area contributed by atoms with Crippen molar-refractivity contribution in [1.82, 2.24) is 0 Å². The number of hydrogen-bond acceptors (Lipinski definition) is 2. The Bertz CT molecular complexity index is 379. The highest BCUT2D eigenvalue weighted by molar-refractivity contribution is 9.09. The van der Waals surface area contributed by atoms with E-state index in [0.717, 1.165) is 5.56 Å². The quantitative estimate of drug-likeness (QED) is 0.584. The van der Waals surface area contributed by atoms with Crippen LogP contribution < -0.4 is 0 Å². The summed E-state index contributed by atoms with van der Waals surface area (Å²) >= 11 is 3.58. The highest BCUT2D eigenvalue weighted by atomic mass is 79.9. The van der Waals surface area contributed by atoms with Crippen molar-refractivity contribution in [2.24, 2.45) is 5.41 Å². The largest absolute Gasteiger partial charge is 0.462 e. The molecule has 0 aliphatic carbocycles. The molecule has 0 spiro atoms. The van der Waals surface area contributed by atoms with E-state index in [0.29, 0.717) is 6.42 Å². The van der Waals surface area contributed by atoms with Crippen LogP contribution in [-0.2, 0) is 9.53 Å². The summed E-state index contributed by atoms with van der Waals surface area (Å²) in [4.78, 5) is 11.9. The lowest BCUT2D eigenvalue weighted by molar-refractivity contribution is -0.154. The van der Waals surface area contributed by atoms with Gasteiger partial charge in [0.1, 0.15) is 13.3 Å². The fourth-order valence-electron chi connectivity index (χ4n) is 1.64. The SMILES string of the molecule is CC(C)(CC(Br)c1ccccc1)C(=O)OCCF. The third-order valence-corrected chi connectivity index (χ3v) is 3.57. The Kier molecular flexibility index (Phi) is 5.79. The van der Waals surface area contributed by atoms with E-state index in [-0.39, 0.29) is 17.4 Å². The molecule has 18 heavy (non-hydrogen) atoms. The van der Waals surface area contributed by atoms with E-state index in [1.54, 1.807) is 0 Å². The van der Waals surface area contributed by atoms with Gasteiger partial charge in [-0.3, -0.25) is 4.79 Å². The molecule has 0 radical (unpaired) electrons. The Morgan fingerprint density at radius 3 is 2.56 bits per heavy atom. The number of esters is 1. The molecule has 0 aliphatic heterocycles. The zero-order chi connectivity index (χ0) is 13.6. The zero-order valence-electron chi connectivity index (χ0n) is 10.7. The van der Waals surface area contributed by atoms with Crippen molar-refractivity contribution in [3.05, 3.63) is 35.9 Å². The third kappa shape index (κ3) is 4.41. The van der Waals surface area contributed by atoms with Gasteiger partial charge in [-0.05, 0) is 25.8 Å². The van der Waals surface area contributed by atoms with E-state index in [4.69, 9.17) is 4.74 Å². The molecule has 0 saturated carbocycles. The summed E-state index contributed by atoms with van der Waals surface area (Å²) in [7, 11) is 0. The van der Waals surface area contributed by atoms with Gasteiger partial charge >= 0.3 is 5.97 Å². The van der Waals surface area contributed by atoms with Gasteiger partial charge in [-0.25, -0.2) is 4.39 Å². The highest BCUT2D eigenvalue weighted by Crippen LogP contribution is 2.36. The normalized spacial score (nSPS) is 13.1. The molecule has 0 aliphatic rings. The van der Waals surface area contributed by atoms with E-state index < -0.39 is 12.1 Å². The van der Waals surface area contributed by atoms with Gasteiger partial charge in [0.25, 0.3) is 0 Å². The molecule has 0 aromatic heterocycles. The number of benzene rings is 1. The number of carbonyl (C=O) groups excluding carboxylic acids is 1. The number of hydrogen-bond donors (Lipinski definition) is 0. The molecule has 0 N–H and O–H groups in total. The van der Waals surface area contributed by atoms with E-state index in [9.17, 15) is 9.18 Å². The average molecular weight is 317 g/mol. The van der Waals surface area contributed by atoms with Gasteiger partial charge < -0.3 is 4.74 Å². The maximum atomic E-state index is 12.0. The number of rotatable bonds is 6. The molecule has 0 amide bonds. The molecule has 1 aromatic rings. The number of halogens is 2. The highest BCUT2D eigenvalue weighted by Gasteiger charge is 2.32. The first-order chi connectivity index (χ1) is 8.47. The molecule has 0 saturated heterocycles. The molecule has 1 rings (SSSR count). The Morgan fingerprint density at radius 1 is 1.39 bits per heavy atom. The maximum Gasteiger partial charge on any atom is 0.311 e. The minimum absolute atomic E-state index is 0.0756. The lowest BCUT2D eigenvalue weighted by Crippen LogP contribution is -2.28. The van der Waals surface area contributed by atoms with Crippen LogP contribution in [0.3, 0.4) is 0 Å². The predicted octanol–water partition coefficient (Wildman–Crippen LogP) is 4.05. The fraction of sp³-hybridized carbons (Fsp3) is 0.500. The lowest BCUT2D eigenvalue weighted by atomic mass is 9.86. The van der Waals surface area contributed by atoms with Crippen molar-refractivity contribution >= 4 is 21.9 Å². The van der Waals surface area contributed by atoms with Crippen molar-refractivity contribution in [2.45, 2.75) is 25.1 Å². The van der Waals surface area contributed by atoms with Crippen LogP contribution >= 0.6 is 15.9 Å². The Balaban J connectivity index is 2.62. The average Bonchev–Trinajstić information content (AvgIpc) is 2.36. The van der Waals surface area contributed by atoms with E-state index in [1.807, 2.05) is 44.2 Å². The van der Waals surface area contributed by atoms with Crippen LogP contribution in [0.1, 0.15) is 30.7 Å². The summed E-state index contributed by atoms with van der Waals surface area (Å²) in [6.07, 6.45) is 0.599. The van der Waals surface area contributed by atoms with Gasteiger partial charge in [-0.2, -0.15) is 0 Å². The fourth-order valence-corrected chi connectivity index (χ4v) is 2.75. The van der Waals surface area contributed by atoms with Crippen LogP contribution in [0.2, 0.25) is 0 Å². The van der Waals surface area contributed by atoms with Gasteiger partial charge in [-0.15, -0.1) is 0 Å². The Morgan fingerprint density at radius 2 is 2.00 bits per heavy atom. The van der Waals surface area contributed by atoms with Crippen molar-refractivity contribution in [2.75, 3.05) is 13.3 Å². The maximum absolute atomic E-state index is 12.0. The second-order valence-corrected chi connectivity index (χ2v) is 5.90. The second-order valence-electron chi connectivity index (χ2n) is 4.79. The van der Waals surface area contributed by atoms with Crippen LogP contribution in [0.4, 0.5) is 4.39 Å². The minimum Gasteiger partial charge on any atom is -0.462 e. The first-order valence-corrected chi connectivity index (χ1v) is 6.81. The Hall–Kier alpha value is -0.900. The van der Waals surface area contributed by atoms with E-state index in [1.165, 1.54) is 0 Å². The van der Waals surface area contributed by atoms with E-state index >= 15 is 0 Å². The van der Waals surface area contributed by atoms with Gasteiger partial charge in [0, 0.05) is 4.83 Å². The number of alkyl halides is 2. The molecule has 4 heteroatoms. The summed E-state index contributed by atoms with van der Waals surface area (Å²) < 4.78 is 16.8. The molecule has 0 heterocycles. The molecular formula is C14H18BrFO2. The molecule has 0 fully saturated rings. The summed E-state index contributed by atoms with van der Waals surface area (Å²) in [5.41, 5.74) is 0.475. The van der Waals surface area contributed by atoms with Gasteiger partial charge in [0.2, 0.25) is 0 Å². The summed E-state index contributed by atoms with van der Waals surface area (Å²) in [5, 5.41) is 0. The van der Waals surface area contributed by atoms with Gasteiger partial charge in [0.05, 0.1) is 5.41 Å².